The molecule has 3 aliphatic rings. The van der Waals surface area contributed by atoms with Gasteiger partial charge >= 0.3 is 0 Å². The molecule has 8 rings (SSSR count). The van der Waals surface area contributed by atoms with E-state index < -0.39 is 0 Å². The van der Waals surface area contributed by atoms with E-state index >= 15 is 0 Å². The van der Waals surface area contributed by atoms with E-state index in [0.29, 0.717) is 5.92 Å². The molecule has 5 aromatic rings. The van der Waals surface area contributed by atoms with Crippen LogP contribution in [-0.2, 0) is 0 Å². The van der Waals surface area contributed by atoms with E-state index in [1.54, 1.807) is 0 Å². The van der Waals surface area contributed by atoms with Crippen LogP contribution in [0.15, 0.2) is 132 Å². The quantitative estimate of drug-likeness (QED) is 0.258. The molecule has 2 unspecified atom stereocenters. The lowest BCUT2D eigenvalue weighted by molar-refractivity contribution is 0.483. The van der Waals surface area contributed by atoms with Crippen LogP contribution in [0.3, 0.4) is 0 Å². The maximum Gasteiger partial charge on any atom is 0.143 e. The van der Waals surface area contributed by atoms with Gasteiger partial charge in [-0.1, -0.05) is 110 Å². The summed E-state index contributed by atoms with van der Waals surface area (Å²) in [5.41, 5.74) is 8.77. The molecule has 2 heterocycles. The number of hydrogen-bond donors (Lipinski definition) is 0. The van der Waals surface area contributed by atoms with Crippen LogP contribution in [0.4, 0.5) is 0 Å². The van der Waals surface area contributed by atoms with Crippen LogP contribution in [0.1, 0.15) is 6.92 Å². The normalized spacial score (nSPS) is 21.1. The predicted molar refractivity (Wildman–Crippen MR) is 157 cm³/mol. The highest BCUT2D eigenvalue weighted by Gasteiger charge is 2.39. The minimum Gasteiger partial charge on any atom is -0.455 e. The van der Waals surface area contributed by atoms with Gasteiger partial charge in [0.25, 0.3) is 0 Å². The number of rotatable bonds is 2. The summed E-state index contributed by atoms with van der Waals surface area (Å²) in [6.45, 7) is 2.36. The second-order valence-electron chi connectivity index (χ2n) is 10.6. The fourth-order valence-corrected chi connectivity index (χ4v) is 6.54. The Morgan fingerprint density at radius 2 is 1.61 bits per heavy atom. The number of aromatic nitrogens is 1. The minimum atomic E-state index is -0.0737. The molecule has 0 amide bonds. The SMILES string of the molecule is CC12C=CC=CC1=c1cc(-c3cccc(-c4cccc5c4oc4ccccc45)c3)ncc1=C1C=CC=CC12. The van der Waals surface area contributed by atoms with Crippen LogP contribution < -0.4 is 10.4 Å². The fraction of sp³-hybridized carbons (Fsp3) is 0.0833. The number of para-hydroxylation sites is 2. The highest BCUT2D eigenvalue weighted by atomic mass is 16.3. The van der Waals surface area contributed by atoms with Crippen LogP contribution in [-0.4, -0.2) is 4.98 Å². The van der Waals surface area contributed by atoms with Gasteiger partial charge in [-0.2, -0.15) is 0 Å². The number of fused-ring (bicyclic) bond motifs is 7. The van der Waals surface area contributed by atoms with Gasteiger partial charge in [0.1, 0.15) is 11.2 Å². The minimum absolute atomic E-state index is 0.0737. The van der Waals surface area contributed by atoms with E-state index in [2.05, 4.69) is 122 Å². The topological polar surface area (TPSA) is 26.0 Å². The van der Waals surface area contributed by atoms with Gasteiger partial charge in [0.2, 0.25) is 0 Å². The van der Waals surface area contributed by atoms with Crippen molar-refractivity contribution in [3.8, 4) is 22.4 Å². The second-order valence-corrected chi connectivity index (χ2v) is 10.6. The molecule has 0 radical (unpaired) electrons. The Morgan fingerprint density at radius 3 is 2.58 bits per heavy atom. The zero-order chi connectivity index (χ0) is 25.3. The third-order valence-electron chi connectivity index (χ3n) is 8.45. The molecule has 0 saturated heterocycles. The molecule has 180 valence electrons. The van der Waals surface area contributed by atoms with E-state index in [1.807, 2.05) is 12.1 Å². The smallest absolute Gasteiger partial charge is 0.143 e. The summed E-state index contributed by atoms with van der Waals surface area (Å²) in [6.07, 6.45) is 19.9. The monoisotopic (exact) mass is 487 g/mol. The molecule has 0 aliphatic heterocycles. The number of furan rings is 1. The Labute approximate surface area is 221 Å². The Balaban J connectivity index is 1.33. The van der Waals surface area contributed by atoms with E-state index in [-0.39, 0.29) is 5.41 Å². The predicted octanol–water partition coefficient (Wildman–Crippen LogP) is 7.50. The average molecular weight is 488 g/mol. The molecule has 3 aromatic carbocycles. The van der Waals surface area contributed by atoms with Gasteiger partial charge in [-0.25, -0.2) is 0 Å². The van der Waals surface area contributed by atoms with Crippen LogP contribution in [0.2, 0.25) is 0 Å². The summed E-state index contributed by atoms with van der Waals surface area (Å²) in [4.78, 5) is 4.99. The molecule has 0 fully saturated rings. The zero-order valence-corrected chi connectivity index (χ0v) is 21.1. The average Bonchev–Trinajstić information content (AvgIpc) is 3.36. The lowest BCUT2D eigenvalue weighted by Gasteiger charge is -2.40. The number of pyridine rings is 1. The lowest BCUT2D eigenvalue weighted by Crippen LogP contribution is -2.44. The fourth-order valence-electron chi connectivity index (χ4n) is 6.54. The molecule has 2 heteroatoms. The summed E-state index contributed by atoms with van der Waals surface area (Å²) in [5.74, 6) is 0.316. The van der Waals surface area contributed by atoms with Crippen molar-refractivity contribution in [1.29, 1.82) is 0 Å². The van der Waals surface area contributed by atoms with Crippen molar-refractivity contribution in [3.05, 3.63) is 138 Å². The van der Waals surface area contributed by atoms with E-state index in [1.165, 1.54) is 21.6 Å². The van der Waals surface area contributed by atoms with E-state index in [0.717, 1.165) is 44.3 Å². The summed E-state index contributed by atoms with van der Waals surface area (Å²) in [7, 11) is 0. The first-order valence-electron chi connectivity index (χ1n) is 13.2. The van der Waals surface area contributed by atoms with Crippen molar-refractivity contribution in [1.82, 2.24) is 4.98 Å². The first-order chi connectivity index (χ1) is 18.7. The van der Waals surface area contributed by atoms with Crippen molar-refractivity contribution in [3.63, 3.8) is 0 Å². The van der Waals surface area contributed by atoms with Crippen LogP contribution in [0.5, 0.6) is 0 Å². The molecule has 38 heavy (non-hydrogen) atoms. The molecule has 0 N–H and O–H groups in total. The van der Waals surface area contributed by atoms with Crippen LogP contribution in [0.25, 0.3) is 55.5 Å². The number of benzene rings is 3. The lowest BCUT2D eigenvalue weighted by atomic mass is 9.62. The first kappa shape index (κ1) is 21.4. The summed E-state index contributed by atoms with van der Waals surface area (Å²) in [6, 6.07) is 25.6. The molecule has 2 aromatic heterocycles. The van der Waals surface area contributed by atoms with Gasteiger partial charge in [-0.15, -0.1) is 0 Å². The van der Waals surface area contributed by atoms with Crippen molar-refractivity contribution in [2.45, 2.75) is 6.92 Å². The molecule has 2 atom stereocenters. The third-order valence-corrected chi connectivity index (χ3v) is 8.45. The molecule has 0 saturated carbocycles. The number of nitrogens with zero attached hydrogens (tertiary/aromatic N) is 1. The number of allylic oxidation sites excluding steroid dienone is 8. The molecular formula is C36H25NO. The van der Waals surface area contributed by atoms with Crippen molar-refractivity contribution < 1.29 is 4.42 Å². The van der Waals surface area contributed by atoms with Gasteiger partial charge in [0.05, 0.1) is 5.69 Å². The number of hydrogen-bond acceptors (Lipinski definition) is 2. The largest absolute Gasteiger partial charge is 0.455 e. The summed E-state index contributed by atoms with van der Waals surface area (Å²) >= 11 is 0. The zero-order valence-electron chi connectivity index (χ0n) is 21.1. The maximum atomic E-state index is 6.33. The van der Waals surface area contributed by atoms with Crippen molar-refractivity contribution in [2.75, 3.05) is 0 Å². The Hall–Kier alpha value is -4.69. The van der Waals surface area contributed by atoms with Crippen molar-refractivity contribution >= 4 is 33.1 Å². The molecule has 2 nitrogen and oxygen atoms in total. The summed E-state index contributed by atoms with van der Waals surface area (Å²) in [5, 5.41) is 4.79. The Bertz CT molecular complexity index is 2050. The van der Waals surface area contributed by atoms with E-state index in [9.17, 15) is 0 Å². The van der Waals surface area contributed by atoms with E-state index in [4.69, 9.17) is 9.40 Å². The van der Waals surface area contributed by atoms with Gasteiger partial charge in [-0.05, 0) is 40.1 Å². The van der Waals surface area contributed by atoms with Crippen LogP contribution in [0, 0.1) is 11.3 Å². The van der Waals surface area contributed by atoms with Gasteiger partial charge in [0.15, 0.2) is 0 Å². The highest BCUT2D eigenvalue weighted by molar-refractivity contribution is 6.09. The standard InChI is InChI=1S/C36H25NO/c1-36-19-7-6-17-32(36)29-21-33(37-22-30(29)26-12-2-4-16-31(26)36)24-11-8-10-23(20-24)25-14-9-15-28-27-13-3-5-18-34(27)38-35(25)28/h2-22,31H,1H3. The van der Waals surface area contributed by atoms with Crippen LogP contribution >= 0.6 is 0 Å². The van der Waals surface area contributed by atoms with Gasteiger partial charge < -0.3 is 4.42 Å². The molecule has 0 spiro atoms. The Morgan fingerprint density at radius 1 is 0.763 bits per heavy atom. The maximum absolute atomic E-state index is 6.33. The van der Waals surface area contributed by atoms with Crippen molar-refractivity contribution in [2.24, 2.45) is 11.3 Å². The molecule has 0 bridgehead atoms. The molecule has 3 aliphatic carbocycles. The van der Waals surface area contributed by atoms with Gasteiger partial charge in [-0.3, -0.25) is 4.98 Å². The van der Waals surface area contributed by atoms with Gasteiger partial charge in [0, 0.05) is 44.6 Å². The highest BCUT2D eigenvalue weighted by Crippen LogP contribution is 2.47. The first-order valence-corrected chi connectivity index (χ1v) is 13.2. The second kappa shape index (κ2) is 7.90. The molecular weight excluding hydrogens is 462 g/mol. The third kappa shape index (κ3) is 2.98. The summed E-state index contributed by atoms with van der Waals surface area (Å²) < 4.78 is 6.33. The Kier molecular flexibility index (Phi) is 4.45.